The smallest absolute Gasteiger partial charge is 0.243 e. The number of hydrogen-bond acceptors (Lipinski definition) is 3. The maximum absolute atomic E-state index is 12.4. The lowest BCUT2D eigenvalue weighted by Crippen LogP contribution is -2.37. The minimum absolute atomic E-state index is 0.0448. The van der Waals surface area contributed by atoms with Gasteiger partial charge in [-0.3, -0.25) is 0 Å². The summed E-state index contributed by atoms with van der Waals surface area (Å²) in [6.45, 7) is 3.52. The molecule has 0 aromatic heterocycles. The molecule has 1 aromatic carbocycles. The highest BCUT2D eigenvalue weighted by Gasteiger charge is 2.27. The fraction of sp³-hybridized carbons (Fsp3) is 0.538. The molecule has 1 atom stereocenters. The minimum atomic E-state index is -3.39. The average Bonchev–Trinajstić information content (AvgIpc) is 2.89. The first-order chi connectivity index (χ1) is 8.64. The summed E-state index contributed by atoms with van der Waals surface area (Å²) in [4.78, 5) is 0.352. The molecule has 1 fully saturated rings. The molecular weight excluding hydrogens is 250 g/mol. The number of hydrogen-bond donors (Lipinski definition) is 0. The number of ether oxygens (including phenoxy) is 1. The van der Waals surface area contributed by atoms with Gasteiger partial charge in [0.15, 0.2) is 0 Å². The van der Waals surface area contributed by atoms with Crippen LogP contribution in [0.3, 0.4) is 0 Å². The summed E-state index contributed by atoms with van der Waals surface area (Å²) in [5.74, 6) is 0. The highest BCUT2D eigenvalue weighted by Crippen LogP contribution is 2.19. The zero-order valence-corrected chi connectivity index (χ0v) is 11.4. The van der Waals surface area contributed by atoms with Gasteiger partial charge in [0.05, 0.1) is 11.0 Å². The van der Waals surface area contributed by atoms with Crippen LogP contribution in [0.4, 0.5) is 0 Å². The van der Waals surface area contributed by atoms with Crippen molar-refractivity contribution in [2.24, 2.45) is 0 Å². The molecule has 1 aliphatic heterocycles. The molecule has 18 heavy (non-hydrogen) atoms. The molecule has 0 spiro atoms. The molecule has 1 aliphatic rings. The number of nitrogens with zero attached hydrogens (tertiary/aromatic N) is 1. The number of sulfonamides is 1. The van der Waals surface area contributed by atoms with Crippen molar-refractivity contribution in [3.63, 3.8) is 0 Å². The Morgan fingerprint density at radius 1 is 1.33 bits per heavy atom. The topological polar surface area (TPSA) is 46.6 Å². The van der Waals surface area contributed by atoms with Crippen LogP contribution in [0.5, 0.6) is 0 Å². The van der Waals surface area contributed by atoms with Gasteiger partial charge < -0.3 is 4.74 Å². The SMILES string of the molecule is CCN(CC1CCCO1)S(=O)(=O)c1ccccc1. The van der Waals surface area contributed by atoms with Gasteiger partial charge in [-0.15, -0.1) is 0 Å². The second-order valence-electron chi connectivity index (χ2n) is 4.40. The van der Waals surface area contributed by atoms with Gasteiger partial charge >= 0.3 is 0 Å². The Labute approximate surface area is 109 Å². The first-order valence-electron chi connectivity index (χ1n) is 6.31. The monoisotopic (exact) mass is 269 g/mol. The van der Waals surface area contributed by atoms with Gasteiger partial charge in [0.2, 0.25) is 10.0 Å². The van der Waals surface area contributed by atoms with Crippen molar-refractivity contribution in [2.75, 3.05) is 19.7 Å². The van der Waals surface area contributed by atoms with Gasteiger partial charge in [0.1, 0.15) is 0 Å². The zero-order valence-electron chi connectivity index (χ0n) is 10.6. The fourth-order valence-corrected chi connectivity index (χ4v) is 3.66. The van der Waals surface area contributed by atoms with Crippen LogP contribution in [-0.4, -0.2) is 38.5 Å². The van der Waals surface area contributed by atoms with E-state index >= 15 is 0 Å². The Morgan fingerprint density at radius 2 is 2.06 bits per heavy atom. The van der Waals surface area contributed by atoms with Crippen LogP contribution in [-0.2, 0) is 14.8 Å². The molecule has 1 saturated heterocycles. The van der Waals surface area contributed by atoms with Gasteiger partial charge in [0.25, 0.3) is 0 Å². The molecule has 0 radical (unpaired) electrons. The van der Waals surface area contributed by atoms with E-state index in [1.54, 1.807) is 24.3 Å². The van der Waals surface area contributed by atoms with Crippen molar-refractivity contribution in [3.05, 3.63) is 30.3 Å². The Hall–Kier alpha value is -0.910. The molecule has 100 valence electrons. The lowest BCUT2D eigenvalue weighted by atomic mass is 10.2. The molecule has 0 N–H and O–H groups in total. The summed E-state index contributed by atoms with van der Waals surface area (Å²) in [6, 6.07) is 8.57. The molecule has 1 aromatic rings. The van der Waals surface area contributed by atoms with Crippen molar-refractivity contribution >= 4 is 10.0 Å². The predicted molar refractivity (Wildman–Crippen MR) is 69.8 cm³/mol. The first kappa shape index (κ1) is 13.5. The maximum atomic E-state index is 12.4. The quantitative estimate of drug-likeness (QED) is 0.820. The first-order valence-corrected chi connectivity index (χ1v) is 7.75. The third-order valence-electron chi connectivity index (χ3n) is 3.16. The van der Waals surface area contributed by atoms with Crippen LogP contribution in [0, 0.1) is 0 Å². The number of rotatable bonds is 5. The average molecular weight is 269 g/mol. The summed E-state index contributed by atoms with van der Waals surface area (Å²) in [7, 11) is -3.39. The van der Waals surface area contributed by atoms with Crippen LogP contribution < -0.4 is 0 Å². The second-order valence-corrected chi connectivity index (χ2v) is 6.34. The largest absolute Gasteiger partial charge is 0.377 e. The molecule has 0 saturated carbocycles. The normalized spacial score (nSPS) is 20.4. The van der Waals surface area contributed by atoms with E-state index in [9.17, 15) is 8.42 Å². The van der Waals surface area contributed by atoms with Crippen molar-refractivity contribution < 1.29 is 13.2 Å². The Morgan fingerprint density at radius 3 is 2.61 bits per heavy atom. The molecule has 2 rings (SSSR count). The lowest BCUT2D eigenvalue weighted by Gasteiger charge is -2.23. The standard InChI is InChI=1S/C13H19NO3S/c1-2-14(11-12-7-6-10-17-12)18(15,16)13-8-4-3-5-9-13/h3-5,8-9,12H,2,6-7,10-11H2,1H3. The third-order valence-corrected chi connectivity index (χ3v) is 5.12. The van der Waals surface area contributed by atoms with E-state index in [0.29, 0.717) is 18.0 Å². The number of benzene rings is 1. The molecule has 1 unspecified atom stereocenters. The van der Waals surface area contributed by atoms with Gasteiger partial charge in [-0.05, 0) is 25.0 Å². The Bertz CT molecular complexity index is 466. The van der Waals surface area contributed by atoms with Gasteiger partial charge in [-0.2, -0.15) is 4.31 Å². The summed E-state index contributed by atoms with van der Waals surface area (Å²) in [6.07, 6.45) is 2.01. The Balaban J connectivity index is 2.15. The minimum Gasteiger partial charge on any atom is -0.377 e. The molecule has 1 heterocycles. The molecule has 4 nitrogen and oxygen atoms in total. The second kappa shape index (κ2) is 5.82. The van der Waals surface area contributed by atoms with Crippen molar-refractivity contribution in [1.29, 1.82) is 0 Å². The van der Waals surface area contributed by atoms with Crippen molar-refractivity contribution in [3.8, 4) is 0 Å². The molecule has 0 aliphatic carbocycles. The summed E-state index contributed by atoms with van der Waals surface area (Å²) in [5, 5.41) is 0. The highest BCUT2D eigenvalue weighted by molar-refractivity contribution is 7.89. The van der Waals surface area contributed by atoms with Crippen molar-refractivity contribution in [2.45, 2.75) is 30.8 Å². The highest BCUT2D eigenvalue weighted by atomic mass is 32.2. The van der Waals surface area contributed by atoms with E-state index in [1.807, 2.05) is 13.0 Å². The third kappa shape index (κ3) is 2.91. The van der Waals surface area contributed by atoms with Crippen LogP contribution in [0.25, 0.3) is 0 Å². The van der Waals surface area contributed by atoms with Crippen LogP contribution in [0.2, 0.25) is 0 Å². The molecule has 0 bridgehead atoms. The molecule has 0 amide bonds. The van der Waals surface area contributed by atoms with E-state index in [-0.39, 0.29) is 6.10 Å². The van der Waals surface area contributed by atoms with E-state index in [4.69, 9.17) is 4.74 Å². The van der Waals surface area contributed by atoms with Crippen LogP contribution in [0.1, 0.15) is 19.8 Å². The zero-order chi connectivity index (χ0) is 13.0. The lowest BCUT2D eigenvalue weighted by molar-refractivity contribution is 0.0947. The molecular formula is C13H19NO3S. The van der Waals surface area contributed by atoms with Crippen LogP contribution in [0.15, 0.2) is 35.2 Å². The van der Waals surface area contributed by atoms with Crippen LogP contribution >= 0.6 is 0 Å². The summed E-state index contributed by atoms with van der Waals surface area (Å²) >= 11 is 0. The maximum Gasteiger partial charge on any atom is 0.243 e. The van der Waals surface area contributed by atoms with Crippen molar-refractivity contribution in [1.82, 2.24) is 4.31 Å². The summed E-state index contributed by atoms with van der Waals surface area (Å²) in [5.41, 5.74) is 0. The van der Waals surface area contributed by atoms with Gasteiger partial charge in [0, 0.05) is 19.7 Å². The van der Waals surface area contributed by atoms with Gasteiger partial charge in [-0.25, -0.2) is 8.42 Å². The predicted octanol–water partition coefficient (Wildman–Crippen LogP) is 1.88. The molecule has 5 heteroatoms. The fourth-order valence-electron chi connectivity index (χ4n) is 2.15. The summed E-state index contributed by atoms with van der Waals surface area (Å²) < 4.78 is 31.9. The number of likely N-dealkylation sites (N-methyl/N-ethyl adjacent to an activating group) is 1. The van der Waals surface area contributed by atoms with E-state index in [1.165, 1.54) is 4.31 Å². The van der Waals surface area contributed by atoms with E-state index in [2.05, 4.69) is 0 Å². The van der Waals surface area contributed by atoms with E-state index in [0.717, 1.165) is 19.4 Å². The van der Waals surface area contributed by atoms with E-state index < -0.39 is 10.0 Å². The Kier molecular flexibility index (Phi) is 4.37. The van der Waals surface area contributed by atoms with Gasteiger partial charge in [-0.1, -0.05) is 25.1 Å².